The van der Waals surface area contributed by atoms with Crippen LogP contribution in [0, 0.1) is 0 Å². The van der Waals surface area contributed by atoms with Crippen LogP contribution in [0.25, 0.3) is 0 Å². The van der Waals surface area contributed by atoms with Gasteiger partial charge in [0.15, 0.2) is 0 Å². The molecule has 0 fully saturated rings. The molecule has 0 saturated carbocycles. The van der Waals surface area contributed by atoms with Crippen LogP contribution in [0.3, 0.4) is 0 Å². The summed E-state index contributed by atoms with van der Waals surface area (Å²) in [6.45, 7) is 7.38. The highest BCUT2D eigenvalue weighted by molar-refractivity contribution is 5.55. The maximum atomic E-state index is 5.94. The zero-order valence-corrected chi connectivity index (χ0v) is 15.0. The van der Waals surface area contributed by atoms with E-state index in [2.05, 4.69) is 54.4 Å². The van der Waals surface area contributed by atoms with Gasteiger partial charge in [0.05, 0.1) is 12.8 Å². The van der Waals surface area contributed by atoms with Gasteiger partial charge in [-0.2, -0.15) is 0 Å². The standard InChI is InChI=1S/C20H29N3O/c1-4-23(5-2)18-11-9-17(10-12-18)22-14-6-7-16-8-13-20(24-3)19(21)15-16/h8-13,15,22H,4-7,14,21H2,1-3H3. The van der Waals surface area contributed by atoms with Gasteiger partial charge in [0.2, 0.25) is 0 Å². The van der Waals surface area contributed by atoms with Crippen LogP contribution in [0.15, 0.2) is 42.5 Å². The predicted octanol–water partition coefficient (Wildman–Crippen LogP) is 4.17. The molecule has 2 rings (SSSR count). The van der Waals surface area contributed by atoms with Gasteiger partial charge in [-0.15, -0.1) is 0 Å². The van der Waals surface area contributed by atoms with Gasteiger partial charge in [0, 0.05) is 31.0 Å². The summed E-state index contributed by atoms with van der Waals surface area (Å²) in [6, 6.07) is 14.7. The molecule has 0 heterocycles. The smallest absolute Gasteiger partial charge is 0.141 e. The van der Waals surface area contributed by atoms with Crippen LogP contribution in [0.2, 0.25) is 0 Å². The lowest BCUT2D eigenvalue weighted by molar-refractivity contribution is 0.417. The maximum absolute atomic E-state index is 5.94. The number of hydrogen-bond donors (Lipinski definition) is 2. The van der Waals surface area contributed by atoms with Crippen molar-refractivity contribution in [3.05, 3.63) is 48.0 Å². The second-order valence-electron chi connectivity index (χ2n) is 5.83. The first-order chi connectivity index (χ1) is 11.7. The lowest BCUT2D eigenvalue weighted by atomic mass is 10.1. The van der Waals surface area contributed by atoms with Crippen LogP contribution >= 0.6 is 0 Å². The van der Waals surface area contributed by atoms with Crippen molar-refractivity contribution in [3.8, 4) is 5.75 Å². The van der Waals surface area contributed by atoms with Crippen LogP contribution in [0.4, 0.5) is 17.1 Å². The minimum Gasteiger partial charge on any atom is -0.495 e. The number of methoxy groups -OCH3 is 1. The molecule has 0 amide bonds. The Bertz CT molecular complexity index is 621. The predicted molar refractivity (Wildman–Crippen MR) is 104 cm³/mol. The quantitative estimate of drug-likeness (QED) is 0.536. The third-order valence-electron chi connectivity index (χ3n) is 4.26. The fourth-order valence-corrected chi connectivity index (χ4v) is 2.84. The van der Waals surface area contributed by atoms with E-state index < -0.39 is 0 Å². The Morgan fingerprint density at radius 1 is 1.04 bits per heavy atom. The van der Waals surface area contributed by atoms with Crippen LogP contribution in [0.1, 0.15) is 25.8 Å². The molecule has 0 unspecified atom stereocenters. The highest BCUT2D eigenvalue weighted by Gasteiger charge is 2.02. The van der Waals surface area contributed by atoms with E-state index in [0.717, 1.165) is 38.2 Å². The largest absolute Gasteiger partial charge is 0.495 e. The fraction of sp³-hybridized carbons (Fsp3) is 0.400. The summed E-state index contributed by atoms with van der Waals surface area (Å²) >= 11 is 0. The number of nitrogen functional groups attached to an aromatic ring is 1. The van der Waals surface area contributed by atoms with Gasteiger partial charge in [0.1, 0.15) is 5.75 Å². The Morgan fingerprint density at radius 2 is 1.75 bits per heavy atom. The highest BCUT2D eigenvalue weighted by atomic mass is 16.5. The number of ether oxygens (including phenoxy) is 1. The molecule has 4 nitrogen and oxygen atoms in total. The number of aryl methyl sites for hydroxylation is 1. The van der Waals surface area contributed by atoms with Gasteiger partial charge >= 0.3 is 0 Å². The number of nitrogens with one attached hydrogen (secondary N) is 1. The van der Waals surface area contributed by atoms with E-state index in [-0.39, 0.29) is 0 Å². The molecule has 0 aliphatic heterocycles. The zero-order valence-electron chi connectivity index (χ0n) is 15.0. The Balaban J connectivity index is 1.79. The van der Waals surface area contributed by atoms with E-state index in [1.807, 2.05) is 12.1 Å². The van der Waals surface area contributed by atoms with E-state index in [4.69, 9.17) is 10.5 Å². The number of benzene rings is 2. The van der Waals surface area contributed by atoms with Crippen molar-refractivity contribution in [2.75, 3.05) is 42.7 Å². The lowest BCUT2D eigenvalue weighted by Crippen LogP contribution is -2.21. The second-order valence-corrected chi connectivity index (χ2v) is 5.83. The van der Waals surface area contributed by atoms with Crippen molar-refractivity contribution < 1.29 is 4.74 Å². The minimum atomic E-state index is 0.704. The molecular formula is C20H29N3O. The van der Waals surface area contributed by atoms with E-state index in [1.165, 1.54) is 16.9 Å². The molecule has 2 aromatic carbocycles. The topological polar surface area (TPSA) is 50.5 Å². The number of hydrogen-bond acceptors (Lipinski definition) is 4. The first-order valence-corrected chi connectivity index (χ1v) is 8.69. The minimum absolute atomic E-state index is 0.704. The van der Waals surface area contributed by atoms with Crippen LogP contribution in [-0.4, -0.2) is 26.7 Å². The van der Waals surface area contributed by atoms with Gasteiger partial charge in [-0.3, -0.25) is 0 Å². The summed E-state index contributed by atoms with van der Waals surface area (Å²) in [4.78, 5) is 2.35. The molecule has 0 radical (unpaired) electrons. The van der Waals surface area contributed by atoms with Crippen molar-refractivity contribution in [2.24, 2.45) is 0 Å². The van der Waals surface area contributed by atoms with E-state index >= 15 is 0 Å². The average Bonchev–Trinajstić information content (AvgIpc) is 2.61. The van der Waals surface area contributed by atoms with E-state index in [1.54, 1.807) is 7.11 Å². The summed E-state index contributed by atoms with van der Waals surface area (Å²) in [5.41, 5.74) is 10.3. The Morgan fingerprint density at radius 3 is 2.33 bits per heavy atom. The molecule has 24 heavy (non-hydrogen) atoms. The van der Waals surface area contributed by atoms with Crippen molar-refractivity contribution in [1.29, 1.82) is 0 Å². The zero-order chi connectivity index (χ0) is 17.4. The molecule has 4 heteroatoms. The van der Waals surface area contributed by atoms with Crippen molar-refractivity contribution >= 4 is 17.1 Å². The average molecular weight is 327 g/mol. The Kier molecular flexibility index (Phi) is 6.79. The molecule has 0 aliphatic carbocycles. The van der Waals surface area contributed by atoms with Gasteiger partial charge < -0.3 is 20.7 Å². The summed E-state index contributed by atoms with van der Waals surface area (Å²) in [7, 11) is 1.64. The van der Waals surface area contributed by atoms with Gasteiger partial charge in [0.25, 0.3) is 0 Å². The molecule has 0 spiro atoms. The maximum Gasteiger partial charge on any atom is 0.141 e. The first kappa shape index (κ1) is 18.0. The molecule has 0 bridgehead atoms. The van der Waals surface area contributed by atoms with Crippen molar-refractivity contribution in [2.45, 2.75) is 26.7 Å². The number of rotatable bonds is 9. The summed E-state index contributed by atoms with van der Waals surface area (Å²) in [5, 5.41) is 3.48. The van der Waals surface area contributed by atoms with Gasteiger partial charge in [-0.1, -0.05) is 6.07 Å². The summed E-state index contributed by atoms with van der Waals surface area (Å²) in [6.07, 6.45) is 2.06. The van der Waals surface area contributed by atoms with Crippen molar-refractivity contribution in [3.63, 3.8) is 0 Å². The molecule has 3 N–H and O–H groups in total. The third kappa shape index (κ3) is 4.82. The molecule has 0 aromatic heterocycles. The second kappa shape index (κ2) is 9.06. The first-order valence-electron chi connectivity index (χ1n) is 8.69. The Hall–Kier alpha value is -2.36. The van der Waals surface area contributed by atoms with E-state index in [0.29, 0.717) is 5.69 Å². The number of anilines is 3. The van der Waals surface area contributed by atoms with Crippen LogP contribution in [-0.2, 0) is 6.42 Å². The number of nitrogens with zero attached hydrogens (tertiary/aromatic N) is 1. The molecule has 0 saturated heterocycles. The molecule has 2 aromatic rings. The van der Waals surface area contributed by atoms with Crippen molar-refractivity contribution in [1.82, 2.24) is 0 Å². The lowest BCUT2D eigenvalue weighted by Gasteiger charge is -2.21. The van der Waals surface area contributed by atoms with Crippen LogP contribution < -0.4 is 20.7 Å². The summed E-state index contributed by atoms with van der Waals surface area (Å²) < 4.78 is 5.19. The monoisotopic (exact) mass is 327 g/mol. The molecule has 0 atom stereocenters. The fourth-order valence-electron chi connectivity index (χ4n) is 2.84. The molecular weight excluding hydrogens is 298 g/mol. The molecule has 0 aliphatic rings. The molecule has 130 valence electrons. The highest BCUT2D eigenvalue weighted by Crippen LogP contribution is 2.22. The Labute approximate surface area is 145 Å². The number of nitrogens with two attached hydrogens (primary N) is 1. The van der Waals surface area contributed by atoms with Gasteiger partial charge in [-0.25, -0.2) is 0 Å². The third-order valence-corrected chi connectivity index (χ3v) is 4.26. The van der Waals surface area contributed by atoms with Crippen LogP contribution in [0.5, 0.6) is 5.75 Å². The van der Waals surface area contributed by atoms with Gasteiger partial charge in [-0.05, 0) is 68.7 Å². The van der Waals surface area contributed by atoms with E-state index in [9.17, 15) is 0 Å². The normalized spacial score (nSPS) is 10.5. The SMILES string of the molecule is CCN(CC)c1ccc(NCCCc2ccc(OC)c(N)c2)cc1. The summed E-state index contributed by atoms with van der Waals surface area (Å²) in [5.74, 6) is 0.741.